The number of aromatic nitrogens is 1. The lowest BCUT2D eigenvalue weighted by Crippen LogP contribution is -2.57. The van der Waals surface area contributed by atoms with Gasteiger partial charge < -0.3 is 9.80 Å². The van der Waals surface area contributed by atoms with Crippen LogP contribution >= 0.6 is 23.2 Å². The molecule has 1 atom stereocenters. The largest absolute Gasteiger partial charge is 0.365 e. The van der Waals surface area contributed by atoms with Crippen LogP contribution in [0.1, 0.15) is 5.56 Å². The van der Waals surface area contributed by atoms with Gasteiger partial charge in [-0.3, -0.25) is 4.79 Å². The van der Waals surface area contributed by atoms with Gasteiger partial charge in [-0.05, 0) is 47.7 Å². The molecule has 0 bridgehead atoms. The Labute approximate surface area is 207 Å². The van der Waals surface area contributed by atoms with E-state index in [0.717, 1.165) is 17.5 Å². The highest BCUT2D eigenvalue weighted by atomic mass is 35.5. The third-order valence-corrected chi connectivity index (χ3v) is 7.04. The van der Waals surface area contributed by atoms with E-state index in [-0.39, 0.29) is 17.6 Å². The fraction of sp³-hybridized carbons (Fsp3) is 0.185. The summed E-state index contributed by atoms with van der Waals surface area (Å²) in [5, 5.41) is 1.86. The van der Waals surface area contributed by atoms with E-state index in [1.54, 1.807) is 17.0 Å². The lowest BCUT2D eigenvalue weighted by Gasteiger charge is -2.43. The minimum Gasteiger partial charge on any atom is -0.365 e. The number of hydrogen-bond acceptors (Lipinski definition) is 3. The molecule has 4 aromatic rings. The summed E-state index contributed by atoms with van der Waals surface area (Å²) < 4.78 is 1.28. The predicted octanol–water partition coefficient (Wildman–Crippen LogP) is 5.71. The SMILES string of the molecule is O=C(N1CCN(c2ccc(Cl)c(Cl)c2)C(Cc2ccccc2)C1)n1c(=O)ccc2ccccc21. The van der Waals surface area contributed by atoms with Gasteiger partial charge in [-0.1, -0.05) is 71.7 Å². The standard InChI is InChI=1S/C27H23Cl2N3O2/c28-23-12-11-21(17-24(23)29)31-15-14-30(18-22(31)16-19-6-2-1-3-7-19)27(34)32-25-9-5-4-8-20(25)10-13-26(32)33/h1-13,17,22H,14-16,18H2. The van der Waals surface area contributed by atoms with Crippen LogP contribution in [0, 0.1) is 0 Å². The normalized spacial score (nSPS) is 16.1. The van der Waals surface area contributed by atoms with E-state index in [1.807, 2.05) is 54.6 Å². The fourth-order valence-corrected chi connectivity index (χ4v) is 4.91. The lowest BCUT2D eigenvalue weighted by molar-refractivity contribution is 0.186. The van der Waals surface area contributed by atoms with Gasteiger partial charge in [0.25, 0.3) is 5.56 Å². The van der Waals surface area contributed by atoms with Gasteiger partial charge in [0.1, 0.15) is 0 Å². The van der Waals surface area contributed by atoms with Crippen LogP contribution in [-0.2, 0) is 6.42 Å². The van der Waals surface area contributed by atoms with E-state index in [2.05, 4.69) is 17.0 Å². The molecular weight excluding hydrogens is 469 g/mol. The maximum absolute atomic E-state index is 13.6. The van der Waals surface area contributed by atoms with Gasteiger partial charge in [-0.2, -0.15) is 0 Å². The zero-order valence-electron chi connectivity index (χ0n) is 18.4. The average molecular weight is 492 g/mol. The number of nitrogens with zero attached hydrogens (tertiary/aromatic N) is 3. The smallest absolute Gasteiger partial charge is 0.331 e. The monoisotopic (exact) mass is 491 g/mol. The van der Waals surface area contributed by atoms with Crippen LogP contribution in [0.5, 0.6) is 0 Å². The summed E-state index contributed by atoms with van der Waals surface area (Å²) in [5.41, 5.74) is 2.43. The highest BCUT2D eigenvalue weighted by molar-refractivity contribution is 6.42. The molecule has 0 saturated carbocycles. The molecule has 0 N–H and O–H groups in total. The van der Waals surface area contributed by atoms with Crippen LogP contribution < -0.4 is 10.5 Å². The molecule has 5 nitrogen and oxygen atoms in total. The second kappa shape index (κ2) is 9.53. The molecule has 2 heterocycles. The number of anilines is 1. The zero-order valence-corrected chi connectivity index (χ0v) is 19.9. The number of para-hydroxylation sites is 1. The Morgan fingerprint density at radius 1 is 0.853 bits per heavy atom. The molecule has 1 amide bonds. The van der Waals surface area contributed by atoms with Crippen molar-refractivity contribution in [2.24, 2.45) is 0 Å². The molecule has 172 valence electrons. The minimum atomic E-state index is -0.324. The first-order valence-electron chi connectivity index (χ1n) is 11.2. The Bertz CT molecular complexity index is 1400. The van der Waals surface area contributed by atoms with Crippen LogP contribution in [0.4, 0.5) is 10.5 Å². The average Bonchev–Trinajstić information content (AvgIpc) is 2.86. The minimum absolute atomic E-state index is 0.00280. The summed E-state index contributed by atoms with van der Waals surface area (Å²) in [6.45, 7) is 1.57. The molecule has 0 radical (unpaired) electrons. The molecule has 1 saturated heterocycles. The molecule has 1 fully saturated rings. The molecule has 34 heavy (non-hydrogen) atoms. The third kappa shape index (κ3) is 4.41. The van der Waals surface area contributed by atoms with Crippen molar-refractivity contribution in [3.05, 3.63) is 111 Å². The van der Waals surface area contributed by atoms with Gasteiger partial charge in [0.05, 0.1) is 21.6 Å². The van der Waals surface area contributed by atoms with Crippen molar-refractivity contribution in [1.29, 1.82) is 0 Å². The number of rotatable bonds is 3. The molecule has 1 aliphatic heterocycles. The van der Waals surface area contributed by atoms with E-state index < -0.39 is 0 Å². The van der Waals surface area contributed by atoms with Crippen molar-refractivity contribution < 1.29 is 4.79 Å². The van der Waals surface area contributed by atoms with Gasteiger partial charge in [-0.25, -0.2) is 9.36 Å². The Balaban J connectivity index is 1.48. The molecule has 3 aromatic carbocycles. The summed E-state index contributed by atoms with van der Waals surface area (Å²) in [6.07, 6.45) is 0.745. The number of amides is 1. The maximum Gasteiger partial charge on any atom is 0.331 e. The second-order valence-corrected chi connectivity index (χ2v) is 9.24. The van der Waals surface area contributed by atoms with Crippen LogP contribution in [0.15, 0.2) is 89.7 Å². The van der Waals surface area contributed by atoms with Crippen molar-refractivity contribution in [2.45, 2.75) is 12.5 Å². The molecule has 0 aliphatic carbocycles. The number of pyridine rings is 1. The molecule has 1 aromatic heterocycles. The van der Waals surface area contributed by atoms with Crippen LogP contribution in [0.2, 0.25) is 10.0 Å². The summed E-state index contributed by atoms with van der Waals surface area (Å²) >= 11 is 12.5. The quantitative estimate of drug-likeness (QED) is 0.368. The summed E-state index contributed by atoms with van der Waals surface area (Å²) in [4.78, 5) is 30.4. The first kappa shape index (κ1) is 22.5. The fourth-order valence-electron chi connectivity index (χ4n) is 4.62. The van der Waals surface area contributed by atoms with Gasteiger partial charge in [0, 0.05) is 31.4 Å². The number of fused-ring (bicyclic) bond motifs is 1. The van der Waals surface area contributed by atoms with E-state index in [1.165, 1.54) is 16.2 Å². The van der Waals surface area contributed by atoms with Crippen LogP contribution in [-0.4, -0.2) is 41.2 Å². The van der Waals surface area contributed by atoms with E-state index in [4.69, 9.17) is 23.2 Å². The number of benzene rings is 3. The lowest BCUT2D eigenvalue weighted by atomic mass is 10.0. The summed E-state index contributed by atoms with van der Waals surface area (Å²) in [5.74, 6) is 0. The van der Waals surface area contributed by atoms with E-state index >= 15 is 0 Å². The first-order chi connectivity index (χ1) is 16.5. The molecule has 0 spiro atoms. The molecule has 5 rings (SSSR count). The molecule has 1 unspecified atom stereocenters. The van der Waals surface area contributed by atoms with Crippen molar-refractivity contribution in [2.75, 3.05) is 24.5 Å². The number of carbonyl (C=O) groups excluding carboxylic acids is 1. The van der Waals surface area contributed by atoms with Crippen molar-refractivity contribution in [1.82, 2.24) is 9.47 Å². The maximum atomic E-state index is 13.6. The van der Waals surface area contributed by atoms with E-state index in [0.29, 0.717) is 35.2 Å². The van der Waals surface area contributed by atoms with Gasteiger partial charge in [-0.15, -0.1) is 0 Å². The van der Waals surface area contributed by atoms with Crippen LogP contribution in [0.3, 0.4) is 0 Å². The van der Waals surface area contributed by atoms with Crippen molar-refractivity contribution in [3.63, 3.8) is 0 Å². The number of carbonyl (C=O) groups is 1. The third-order valence-electron chi connectivity index (χ3n) is 6.30. The Kier molecular flexibility index (Phi) is 6.31. The van der Waals surface area contributed by atoms with Crippen molar-refractivity contribution >= 4 is 45.8 Å². The summed E-state index contributed by atoms with van der Waals surface area (Å²) in [7, 11) is 0. The Hall–Kier alpha value is -3.28. The Morgan fingerprint density at radius 2 is 1.62 bits per heavy atom. The predicted molar refractivity (Wildman–Crippen MR) is 138 cm³/mol. The van der Waals surface area contributed by atoms with Gasteiger partial charge >= 0.3 is 6.03 Å². The zero-order chi connectivity index (χ0) is 23.7. The number of halogens is 2. The molecule has 7 heteroatoms. The number of hydrogen-bond donors (Lipinski definition) is 0. The molecular formula is C27H23Cl2N3O2. The topological polar surface area (TPSA) is 45.6 Å². The highest BCUT2D eigenvalue weighted by Crippen LogP contribution is 2.30. The summed E-state index contributed by atoms with van der Waals surface area (Å²) in [6, 6.07) is 26.2. The van der Waals surface area contributed by atoms with Gasteiger partial charge in [0.2, 0.25) is 0 Å². The Morgan fingerprint density at radius 3 is 2.41 bits per heavy atom. The van der Waals surface area contributed by atoms with Gasteiger partial charge in [0.15, 0.2) is 0 Å². The van der Waals surface area contributed by atoms with E-state index in [9.17, 15) is 9.59 Å². The second-order valence-electron chi connectivity index (χ2n) is 8.43. The highest BCUT2D eigenvalue weighted by Gasteiger charge is 2.31. The number of piperazine rings is 1. The molecule has 1 aliphatic rings. The van der Waals surface area contributed by atoms with Crippen LogP contribution in [0.25, 0.3) is 10.9 Å². The first-order valence-corrected chi connectivity index (χ1v) is 11.9. The van der Waals surface area contributed by atoms with Crippen molar-refractivity contribution in [3.8, 4) is 0 Å².